The number of rotatable bonds is 3. The maximum absolute atomic E-state index is 5.88. The molecule has 2 heterocycles. The van der Waals surface area contributed by atoms with Crippen LogP contribution in [0, 0.1) is 0 Å². The Balaban J connectivity index is 2.00. The predicted octanol–water partition coefficient (Wildman–Crippen LogP) is 1.95. The van der Waals surface area contributed by atoms with Crippen molar-refractivity contribution in [3.63, 3.8) is 0 Å². The third kappa shape index (κ3) is 1.56. The molecule has 0 N–H and O–H groups in total. The molecule has 2 rings (SSSR count). The molecule has 0 aromatic rings. The first-order valence-electron chi connectivity index (χ1n) is 5.20. The zero-order chi connectivity index (χ0) is 9.47. The van der Waals surface area contributed by atoms with Gasteiger partial charge in [0.05, 0.1) is 18.3 Å². The minimum atomic E-state index is -2.18. The zero-order valence-electron chi connectivity index (χ0n) is 8.58. The van der Waals surface area contributed by atoms with Gasteiger partial charge in [-0.1, -0.05) is 13.3 Å². The van der Waals surface area contributed by atoms with E-state index in [0.29, 0.717) is 0 Å². The lowest BCUT2D eigenvalue weighted by Gasteiger charge is -2.26. The van der Waals surface area contributed by atoms with Crippen LogP contribution in [0.15, 0.2) is 0 Å². The highest BCUT2D eigenvalue weighted by atomic mass is 28.4. The summed E-state index contributed by atoms with van der Waals surface area (Å²) >= 11 is 0. The Bertz CT molecular complexity index is 185. The van der Waals surface area contributed by atoms with Gasteiger partial charge in [-0.05, 0) is 20.3 Å². The van der Waals surface area contributed by atoms with Crippen molar-refractivity contribution in [1.29, 1.82) is 0 Å². The Morgan fingerprint density at radius 3 is 2.15 bits per heavy atom. The molecular weight excluding hydrogens is 184 g/mol. The van der Waals surface area contributed by atoms with Gasteiger partial charge in [0.15, 0.2) is 0 Å². The summed E-state index contributed by atoms with van der Waals surface area (Å²) in [6.07, 6.45) is 3.01. The van der Waals surface area contributed by atoms with Crippen molar-refractivity contribution >= 4 is 8.80 Å². The number of fused-ring (bicyclic) bond motifs is 2. The summed E-state index contributed by atoms with van der Waals surface area (Å²) in [6.45, 7) is 6.36. The molecule has 2 saturated heterocycles. The Morgan fingerprint density at radius 2 is 1.69 bits per heavy atom. The molecule has 0 amide bonds. The fourth-order valence-electron chi connectivity index (χ4n) is 2.13. The van der Waals surface area contributed by atoms with Gasteiger partial charge in [0.1, 0.15) is 0 Å². The van der Waals surface area contributed by atoms with Crippen LogP contribution in [0.3, 0.4) is 0 Å². The lowest BCUT2D eigenvalue weighted by atomic mass is 10.1. The van der Waals surface area contributed by atoms with Crippen molar-refractivity contribution in [2.24, 2.45) is 0 Å². The second kappa shape index (κ2) is 3.35. The Hall–Kier alpha value is 0.0969. The van der Waals surface area contributed by atoms with E-state index in [1.165, 1.54) is 6.42 Å². The van der Waals surface area contributed by atoms with Gasteiger partial charge in [-0.15, -0.1) is 0 Å². The monoisotopic (exact) mass is 202 g/mol. The Labute approximate surface area is 80.7 Å². The number of hydrogen-bond acceptors (Lipinski definition) is 3. The standard InChI is InChI=1S/C9H18O3Si/c1-4-5-6-13-10-7(2)9(12-13)8(3)11-13/h7-9H,4-6H2,1-3H3. The maximum Gasteiger partial charge on any atom is 0.502 e. The fraction of sp³-hybridized carbons (Fsp3) is 1.00. The van der Waals surface area contributed by atoms with Crippen LogP contribution in [0.25, 0.3) is 0 Å². The topological polar surface area (TPSA) is 27.7 Å². The molecule has 0 aliphatic carbocycles. The van der Waals surface area contributed by atoms with Gasteiger partial charge in [-0.2, -0.15) is 0 Å². The normalized spacial score (nSPS) is 48.7. The predicted molar refractivity (Wildman–Crippen MR) is 51.4 cm³/mol. The third-order valence-corrected chi connectivity index (χ3v) is 5.87. The molecule has 2 unspecified atom stereocenters. The average molecular weight is 202 g/mol. The Kier molecular flexibility index (Phi) is 2.48. The summed E-state index contributed by atoms with van der Waals surface area (Å²) < 4.78 is 17.5. The first kappa shape index (κ1) is 9.64. The molecule has 0 radical (unpaired) electrons. The van der Waals surface area contributed by atoms with E-state index >= 15 is 0 Å². The summed E-state index contributed by atoms with van der Waals surface area (Å²) in [5.41, 5.74) is 0. The van der Waals surface area contributed by atoms with Gasteiger partial charge in [-0.3, -0.25) is 0 Å². The minimum absolute atomic E-state index is 0.198. The van der Waals surface area contributed by atoms with Gasteiger partial charge in [0, 0.05) is 6.04 Å². The molecule has 3 nitrogen and oxygen atoms in total. The molecule has 2 bridgehead atoms. The van der Waals surface area contributed by atoms with Gasteiger partial charge in [-0.25, -0.2) is 0 Å². The summed E-state index contributed by atoms with van der Waals surface area (Å²) in [5.74, 6) is 0. The van der Waals surface area contributed by atoms with Crippen LogP contribution in [0.4, 0.5) is 0 Å². The van der Waals surface area contributed by atoms with E-state index in [0.717, 1.165) is 12.5 Å². The highest BCUT2D eigenvalue weighted by Gasteiger charge is 2.60. The molecule has 2 aliphatic heterocycles. The van der Waals surface area contributed by atoms with Crippen molar-refractivity contribution in [3.8, 4) is 0 Å². The van der Waals surface area contributed by atoms with Gasteiger partial charge in [0.25, 0.3) is 0 Å². The molecular formula is C9H18O3Si. The van der Waals surface area contributed by atoms with E-state index in [4.69, 9.17) is 13.3 Å². The summed E-state index contributed by atoms with van der Waals surface area (Å²) in [6, 6.07) is 0.995. The summed E-state index contributed by atoms with van der Waals surface area (Å²) in [7, 11) is -2.18. The first-order chi connectivity index (χ1) is 6.17. The smallest absolute Gasteiger partial charge is 0.368 e. The van der Waals surface area contributed by atoms with Crippen molar-refractivity contribution < 1.29 is 13.3 Å². The molecule has 4 heteroatoms. The highest BCUT2D eigenvalue weighted by Crippen LogP contribution is 2.40. The molecule has 2 fully saturated rings. The van der Waals surface area contributed by atoms with Crippen LogP contribution in [-0.2, 0) is 13.3 Å². The second-order valence-electron chi connectivity index (χ2n) is 4.01. The molecule has 0 aromatic heterocycles. The summed E-state index contributed by atoms with van der Waals surface area (Å²) in [5, 5.41) is 0. The van der Waals surface area contributed by atoms with Crippen LogP contribution in [-0.4, -0.2) is 27.1 Å². The quantitative estimate of drug-likeness (QED) is 0.655. The largest absolute Gasteiger partial charge is 0.502 e. The molecule has 0 saturated carbocycles. The van der Waals surface area contributed by atoms with E-state index in [1.807, 2.05) is 0 Å². The van der Waals surface area contributed by atoms with Gasteiger partial charge >= 0.3 is 8.80 Å². The molecule has 2 atom stereocenters. The molecule has 2 aliphatic rings. The van der Waals surface area contributed by atoms with Crippen molar-refractivity contribution in [2.75, 3.05) is 0 Å². The van der Waals surface area contributed by atoms with E-state index in [-0.39, 0.29) is 18.3 Å². The molecule has 0 spiro atoms. The van der Waals surface area contributed by atoms with E-state index in [2.05, 4.69) is 20.8 Å². The maximum atomic E-state index is 5.88. The zero-order valence-corrected chi connectivity index (χ0v) is 9.58. The van der Waals surface area contributed by atoms with E-state index < -0.39 is 8.80 Å². The van der Waals surface area contributed by atoms with Crippen LogP contribution < -0.4 is 0 Å². The minimum Gasteiger partial charge on any atom is -0.368 e. The second-order valence-corrected chi connectivity index (χ2v) is 6.59. The molecule has 13 heavy (non-hydrogen) atoms. The van der Waals surface area contributed by atoms with Gasteiger partial charge in [0.2, 0.25) is 0 Å². The average Bonchev–Trinajstić information content (AvgIpc) is 2.55. The molecule has 0 aromatic carbocycles. The van der Waals surface area contributed by atoms with Crippen LogP contribution in [0.1, 0.15) is 33.6 Å². The van der Waals surface area contributed by atoms with Crippen molar-refractivity contribution in [1.82, 2.24) is 0 Å². The van der Waals surface area contributed by atoms with E-state index in [1.54, 1.807) is 0 Å². The lowest BCUT2D eigenvalue weighted by Crippen LogP contribution is -2.43. The SMILES string of the molecule is CCCC[Si]12OC(C)C(O1)C(C)O2. The number of unbranched alkanes of at least 4 members (excludes halogenated alkanes) is 1. The van der Waals surface area contributed by atoms with Crippen LogP contribution in [0.5, 0.6) is 0 Å². The van der Waals surface area contributed by atoms with Crippen molar-refractivity contribution in [3.05, 3.63) is 0 Å². The molecule has 76 valence electrons. The third-order valence-electron chi connectivity index (χ3n) is 2.81. The van der Waals surface area contributed by atoms with Crippen LogP contribution in [0.2, 0.25) is 6.04 Å². The number of hydrogen-bond donors (Lipinski definition) is 0. The van der Waals surface area contributed by atoms with Crippen LogP contribution >= 0.6 is 0 Å². The Morgan fingerprint density at radius 1 is 1.08 bits per heavy atom. The van der Waals surface area contributed by atoms with Gasteiger partial charge < -0.3 is 13.3 Å². The van der Waals surface area contributed by atoms with E-state index in [9.17, 15) is 0 Å². The lowest BCUT2D eigenvalue weighted by molar-refractivity contribution is 0.0405. The highest BCUT2D eigenvalue weighted by molar-refractivity contribution is 6.62. The fourth-order valence-corrected chi connectivity index (χ4v) is 5.64. The summed E-state index contributed by atoms with van der Waals surface area (Å²) in [4.78, 5) is 0. The van der Waals surface area contributed by atoms with Crippen molar-refractivity contribution in [2.45, 2.75) is 58.0 Å². The first-order valence-corrected chi connectivity index (χ1v) is 7.13.